The highest BCUT2D eigenvalue weighted by Gasteiger charge is 2.62. The van der Waals surface area contributed by atoms with E-state index in [0.29, 0.717) is 36.8 Å². The summed E-state index contributed by atoms with van der Waals surface area (Å²) in [5.41, 5.74) is 0.885. The van der Waals surface area contributed by atoms with Crippen molar-refractivity contribution in [2.24, 2.45) is 16.7 Å². The molecular formula is C26H29F2N5O4S. The van der Waals surface area contributed by atoms with Crippen LogP contribution in [0.25, 0.3) is 0 Å². The minimum absolute atomic E-state index is 0.0109. The first-order valence-corrected chi connectivity index (χ1v) is 13.4. The molecular weight excluding hydrogens is 516 g/mol. The summed E-state index contributed by atoms with van der Waals surface area (Å²) in [6.45, 7) is 5.84. The number of ether oxygens (including phenoxy) is 1. The Kier molecular flexibility index (Phi) is 5.85. The first-order chi connectivity index (χ1) is 18.0. The van der Waals surface area contributed by atoms with E-state index in [1.165, 1.54) is 42.7 Å². The van der Waals surface area contributed by atoms with Crippen molar-refractivity contribution >= 4 is 17.2 Å². The fourth-order valence-electron chi connectivity index (χ4n) is 5.79. The molecule has 2 unspecified atom stereocenters. The lowest BCUT2D eigenvalue weighted by atomic mass is 9.71. The van der Waals surface area contributed by atoms with E-state index in [9.17, 15) is 9.90 Å². The SMILES string of the molecule is COc1ccc(C(F)(F)c2nnc(C3CN(C(O)c4cncs4)CC34CN(C(=O)[C@H]3CC3(C)C)C4)o2)cc1. The number of hydrogen-bond acceptors (Lipinski definition) is 9. The van der Waals surface area contributed by atoms with Gasteiger partial charge in [0.1, 0.15) is 12.0 Å². The van der Waals surface area contributed by atoms with Crippen LogP contribution < -0.4 is 4.74 Å². The summed E-state index contributed by atoms with van der Waals surface area (Å²) in [6.07, 6.45) is 1.57. The van der Waals surface area contributed by atoms with E-state index in [0.717, 1.165) is 6.42 Å². The van der Waals surface area contributed by atoms with Crippen LogP contribution in [0.4, 0.5) is 8.78 Å². The molecule has 1 saturated carbocycles. The average Bonchev–Trinajstić information content (AvgIpc) is 3.41. The number of carbonyl (C=O) groups is 1. The van der Waals surface area contributed by atoms with Gasteiger partial charge < -0.3 is 19.2 Å². The van der Waals surface area contributed by atoms with Crippen LogP contribution in [-0.2, 0) is 10.7 Å². The van der Waals surface area contributed by atoms with Gasteiger partial charge >= 0.3 is 5.92 Å². The maximum atomic E-state index is 15.3. The Balaban J connectivity index is 1.26. The number of benzene rings is 1. The van der Waals surface area contributed by atoms with Crippen LogP contribution in [0.15, 0.2) is 40.4 Å². The quantitative estimate of drug-likeness (QED) is 0.480. The number of hydrogen-bond donors (Lipinski definition) is 1. The predicted molar refractivity (Wildman–Crippen MR) is 133 cm³/mol. The van der Waals surface area contributed by atoms with Gasteiger partial charge in [-0.05, 0) is 36.1 Å². The Hall–Kier alpha value is -2.96. The van der Waals surface area contributed by atoms with Crippen LogP contribution in [0.3, 0.4) is 0 Å². The number of methoxy groups -OCH3 is 1. The lowest BCUT2D eigenvalue weighted by molar-refractivity contribution is -0.146. The Morgan fingerprint density at radius 3 is 2.55 bits per heavy atom. The molecule has 1 N–H and O–H groups in total. The van der Waals surface area contributed by atoms with Crippen LogP contribution in [-0.4, -0.2) is 69.3 Å². The zero-order valence-electron chi connectivity index (χ0n) is 21.3. The number of nitrogens with zero attached hydrogens (tertiary/aromatic N) is 5. The van der Waals surface area contributed by atoms with E-state index in [2.05, 4.69) is 29.0 Å². The zero-order valence-corrected chi connectivity index (χ0v) is 22.1. The molecule has 3 aliphatic rings. The molecule has 2 saturated heterocycles. The van der Waals surface area contributed by atoms with Gasteiger partial charge in [0.25, 0.3) is 5.89 Å². The maximum Gasteiger partial charge on any atom is 0.349 e. The van der Waals surface area contributed by atoms with Gasteiger partial charge in [-0.25, -0.2) is 0 Å². The summed E-state index contributed by atoms with van der Waals surface area (Å²) in [5.74, 6) is -4.03. The van der Waals surface area contributed by atoms with Gasteiger partial charge in [-0.15, -0.1) is 21.5 Å². The summed E-state index contributed by atoms with van der Waals surface area (Å²) >= 11 is 1.34. The van der Waals surface area contributed by atoms with E-state index in [-0.39, 0.29) is 28.7 Å². The number of aliphatic hydroxyl groups excluding tert-OH is 1. The summed E-state index contributed by atoms with van der Waals surface area (Å²) < 4.78 is 41.3. The lowest BCUT2D eigenvalue weighted by Gasteiger charge is -2.50. The second-order valence-electron chi connectivity index (χ2n) is 11.3. The fourth-order valence-corrected chi connectivity index (χ4v) is 6.43. The van der Waals surface area contributed by atoms with E-state index < -0.39 is 29.4 Å². The molecule has 3 aromatic rings. The second kappa shape index (κ2) is 8.78. The van der Waals surface area contributed by atoms with Crippen molar-refractivity contribution in [3.8, 4) is 5.75 Å². The summed E-state index contributed by atoms with van der Waals surface area (Å²) in [6, 6.07) is 5.43. The average molecular weight is 546 g/mol. The third kappa shape index (κ3) is 4.09. The number of aromatic nitrogens is 3. The molecule has 4 heterocycles. The first-order valence-electron chi connectivity index (χ1n) is 12.5. The molecule has 1 spiro atoms. The summed E-state index contributed by atoms with van der Waals surface area (Å²) in [4.78, 5) is 21.5. The van der Waals surface area contributed by atoms with E-state index in [1.54, 1.807) is 11.7 Å². The predicted octanol–water partition coefficient (Wildman–Crippen LogP) is 3.64. The number of halogens is 2. The minimum Gasteiger partial charge on any atom is -0.497 e. The molecule has 2 aliphatic heterocycles. The number of likely N-dealkylation sites (tertiary alicyclic amines) is 2. The minimum atomic E-state index is -3.50. The first kappa shape index (κ1) is 25.3. The monoisotopic (exact) mass is 545 g/mol. The van der Waals surface area contributed by atoms with Gasteiger partial charge in [0.05, 0.1) is 23.4 Å². The summed E-state index contributed by atoms with van der Waals surface area (Å²) in [7, 11) is 1.46. The molecule has 0 radical (unpaired) electrons. The number of alkyl halides is 2. The van der Waals surface area contributed by atoms with Crippen LogP contribution in [0.5, 0.6) is 5.75 Å². The van der Waals surface area contributed by atoms with Crippen molar-refractivity contribution in [3.05, 3.63) is 58.2 Å². The van der Waals surface area contributed by atoms with Gasteiger partial charge in [0, 0.05) is 49.3 Å². The molecule has 9 nitrogen and oxygen atoms in total. The molecule has 202 valence electrons. The fraction of sp³-hybridized carbons (Fsp3) is 0.538. The summed E-state index contributed by atoms with van der Waals surface area (Å²) in [5, 5.41) is 18.8. The molecule has 3 atom stereocenters. The van der Waals surface area contributed by atoms with Crippen LogP contribution in [0.2, 0.25) is 0 Å². The molecule has 6 rings (SSSR count). The van der Waals surface area contributed by atoms with Crippen molar-refractivity contribution in [3.63, 3.8) is 0 Å². The third-order valence-corrected chi connectivity index (χ3v) is 9.14. The lowest BCUT2D eigenvalue weighted by Crippen LogP contribution is -2.62. The number of amides is 1. The molecule has 1 aliphatic carbocycles. The number of aliphatic hydroxyl groups is 1. The van der Waals surface area contributed by atoms with Gasteiger partial charge in [-0.3, -0.25) is 14.7 Å². The highest BCUT2D eigenvalue weighted by Crippen LogP contribution is 2.56. The Bertz CT molecular complexity index is 1320. The Morgan fingerprint density at radius 1 is 1.24 bits per heavy atom. The smallest absolute Gasteiger partial charge is 0.349 e. The molecule has 1 amide bonds. The van der Waals surface area contributed by atoms with Crippen molar-refractivity contribution in [2.45, 2.75) is 38.3 Å². The van der Waals surface area contributed by atoms with Crippen molar-refractivity contribution in [1.82, 2.24) is 25.0 Å². The normalized spacial score (nSPS) is 24.8. The topological polar surface area (TPSA) is 105 Å². The largest absolute Gasteiger partial charge is 0.497 e. The maximum absolute atomic E-state index is 15.3. The number of rotatable bonds is 7. The van der Waals surface area contributed by atoms with Gasteiger partial charge in [-0.1, -0.05) is 13.8 Å². The molecule has 3 fully saturated rings. The standard InChI is InChI=1S/C26H29F2N5O4S/c1-24(2)8-17(24)21(34)33-12-25(13-33)11-32(22(35)19-9-29-14-38-19)10-18(25)20-30-31-23(37-20)26(27,28)15-4-6-16(36-3)7-5-15/h4-7,9,14,17-18,22,35H,8,10-13H2,1-3H3/t17-,18?,22?/m1/s1. The number of thiazole rings is 1. The van der Waals surface area contributed by atoms with Crippen molar-refractivity contribution in [2.75, 3.05) is 33.3 Å². The Labute approximate surface area is 222 Å². The van der Waals surface area contributed by atoms with E-state index in [1.807, 2.05) is 9.80 Å². The van der Waals surface area contributed by atoms with Crippen LogP contribution in [0.1, 0.15) is 54.6 Å². The third-order valence-electron chi connectivity index (χ3n) is 8.32. The van der Waals surface area contributed by atoms with E-state index >= 15 is 8.78 Å². The van der Waals surface area contributed by atoms with Gasteiger partial charge in [0.2, 0.25) is 11.8 Å². The Morgan fingerprint density at radius 2 is 1.95 bits per heavy atom. The molecule has 12 heteroatoms. The molecule has 1 aromatic carbocycles. The highest BCUT2D eigenvalue weighted by atomic mass is 32.1. The van der Waals surface area contributed by atoms with Gasteiger partial charge in [0.15, 0.2) is 0 Å². The second-order valence-corrected chi connectivity index (χ2v) is 12.2. The van der Waals surface area contributed by atoms with Crippen molar-refractivity contribution in [1.29, 1.82) is 0 Å². The van der Waals surface area contributed by atoms with Crippen molar-refractivity contribution < 1.29 is 27.8 Å². The van der Waals surface area contributed by atoms with Gasteiger partial charge in [-0.2, -0.15) is 8.78 Å². The molecule has 38 heavy (non-hydrogen) atoms. The number of carbonyl (C=O) groups excluding carboxylic acids is 1. The zero-order chi connectivity index (χ0) is 26.9. The van der Waals surface area contributed by atoms with Crippen LogP contribution >= 0.6 is 11.3 Å². The molecule has 2 aromatic heterocycles. The molecule has 0 bridgehead atoms. The highest BCUT2D eigenvalue weighted by molar-refractivity contribution is 7.09. The van der Waals surface area contributed by atoms with Crippen LogP contribution in [0, 0.1) is 16.7 Å². The van der Waals surface area contributed by atoms with E-state index in [4.69, 9.17) is 9.15 Å².